The molecule has 0 aromatic heterocycles. The van der Waals surface area contributed by atoms with Gasteiger partial charge in [-0.05, 0) is 12.8 Å². The van der Waals surface area contributed by atoms with Crippen LogP contribution in [0.4, 0.5) is 0 Å². The normalized spacial score (nSPS) is 10.1. The summed E-state index contributed by atoms with van der Waals surface area (Å²) in [5.41, 5.74) is 0. The number of unbranched alkanes of at least 4 members (excludes halogenated alkanes) is 30. The van der Waals surface area contributed by atoms with E-state index in [-0.39, 0.29) is 36.7 Å². The predicted octanol–water partition coefficient (Wildman–Crippen LogP) is 15.3. The Morgan fingerprint density at radius 2 is 0.469 bits per heavy atom. The molecule has 0 spiro atoms. The van der Waals surface area contributed by atoms with Gasteiger partial charge in [0.1, 0.15) is 0 Å². The average molecular weight is 800 g/mol. The minimum Gasteiger partial charge on any atom is -0.247 e. The van der Waals surface area contributed by atoms with Crippen LogP contribution in [0.25, 0.3) is 0 Å². The van der Waals surface area contributed by atoms with Gasteiger partial charge in [0.15, 0.2) is 0 Å². The van der Waals surface area contributed by atoms with Crippen molar-refractivity contribution in [2.75, 3.05) is 0 Å². The minimum atomic E-state index is -0.907. The summed E-state index contributed by atoms with van der Waals surface area (Å²) in [4.78, 5) is 20.3. The van der Waals surface area contributed by atoms with Crippen molar-refractivity contribution in [3.8, 4) is 0 Å². The van der Waals surface area contributed by atoms with Gasteiger partial charge in [0.2, 0.25) is 0 Å². The monoisotopic (exact) mass is 801 g/mol. The average Bonchev–Trinajstić information content (AvgIpc) is 3.07. The van der Waals surface area contributed by atoms with Crippen molar-refractivity contribution in [1.29, 1.82) is 0 Å². The SMILES string of the molecule is CCCCCCCCCCCCCC([O])=O.CCCCCCCCCCCCCC([O])=O.[CH2]CCCCCCC.[CH2]CCCCCCC.[Sn]. The molecule has 0 aliphatic rings. The Labute approximate surface area is 326 Å². The Morgan fingerprint density at radius 1 is 0.306 bits per heavy atom. The Kier molecular flexibility index (Phi) is 70.9. The molecule has 0 N–H and O–H groups in total. The molecule has 0 atom stereocenters. The van der Waals surface area contributed by atoms with Crippen LogP contribution >= 0.6 is 0 Å². The van der Waals surface area contributed by atoms with E-state index >= 15 is 0 Å². The van der Waals surface area contributed by atoms with E-state index in [0.29, 0.717) is 0 Å². The van der Waals surface area contributed by atoms with Crippen molar-refractivity contribution < 1.29 is 19.8 Å². The fraction of sp³-hybridized carbons (Fsp3) is 0.909. The van der Waals surface area contributed by atoms with Crippen LogP contribution in [-0.2, 0) is 19.8 Å². The molecule has 0 fully saturated rings. The fourth-order valence-electron chi connectivity index (χ4n) is 5.43. The molecule has 0 unspecified atom stereocenters. The molecule has 0 heterocycles. The van der Waals surface area contributed by atoms with Crippen molar-refractivity contribution in [1.82, 2.24) is 0 Å². The van der Waals surface area contributed by atoms with Gasteiger partial charge in [0.05, 0.1) is 12.8 Å². The first-order valence-electron chi connectivity index (χ1n) is 21.4. The summed E-state index contributed by atoms with van der Waals surface area (Å²) in [6.45, 7) is 16.5. The van der Waals surface area contributed by atoms with Gasteiger partial charge >= 0.3 is 11.9 Å². The molecule has 0 saturated carbocycles. The van der Waals surface area contributed by atoms with Crippen molar-refractivity contribution in [2.45, 2.75) is 259 Å². The molecule has 4 nitrogen and oxygen atoms in total. The first-order valence-corrected chi connectivity index (χ1v) is 21.4. The fourth-order valence-corrected chi connectivity index (χ4v) is 5.43. The minimum absolute atomic E-state index is 0. The summed E-state index contributed by atoms with van der Waals surface area (Å²) >= 11 is 0. The van der Waals surface area contributed by atoms with Gasteiger partial charge in [0, 0.05) is 23.9 Å². The number of hydrogen-bond donors (Lipinski definition) is 0. The van der Waals surface area contributed by atoms with Crippen LogP contribution in [0.2, 0.25) is 0 Å². The summed E-state index contributed by atoms with van der Waals surface area (Å²) in [6.07, 6.45) is 44.0. The molecule has 292 valence electrons. The molecule has 5 heteroatoms. The number of carbonyl (C=O) groups excluding carboxylic acids is 2. The second-order valence-electron chi connectivity index (χ2n) is 13.9. The Balaban J connectivity index is -0.000000183. The largest absolute Gasteiger partial charge is 0.355 e. The maximum Gasteiger partial charge on any atom is 0.355 e. The summed E-state index contributed by atoms with van der Waals surface area (Å²) in [5, 5.41) is 20.3. The molecule has 0 bridgehead atoms. The van der Waals surface area contributed by atoms with Crippen LogP contribution < -0.4 is 0 Å². The molecule has 0 amide bonds. The molecule has 0 aliphatic carbocycles. The zero-order valence-electron chi connectivity index (χ0n) is 34.0. The van der Waals surface area contributed by atoms with Crippen molar-refractivity contribution >= 4 is 35.8 Å². The van der Waals surface area contributed by atoms with Gasteiger partial charge in [-0.25, -0.2) is 19.8 Å². The Bertz CT molecular complexity index is 495. The van der Waals surface area contributed by atoms with E-state index in [4.69, 9.17) is 0 Å². The number of rotatable bonds is 34. The van der Waals surface area contributed by atoms with E-state index in [9.17, 15) is 19.8 Å². The zero-order chi connectivity index (χ0) is 36.6. The van der Waals surface area contributed by atoms with Gasteiger partial charge < -0.3 is 0 Å². The second-order valence-corrected chi connectivity index (χ2v) is 13.9. The van der Waals surface area contributed by atoms with Crippen molar-refractivity contribution in [2.24, 2.45) is 0 Å². The summed E-state index contributed by atoms with van der Waals surface area (Å²) in [5.74, 6) is -1.81. The van der Waals surface area contributed by atoms with Crippen molar-refractivity contribution in [3.63, 3.8) is 0 Å². The topological polar surface area (TPSA) is 73.9 Å². The molecule has 0 rings (SSSR count). The Morgan fingerprint density at radius 3 is 0.633 bits per heavy atom. The molecular weight excluding hydrogens is 711 g/mol. The van der Waals surface area contributed by atoms with Crippen LogP contribution in [0, 0.1) is 13.8 Å². The van der Waals surface area contributed by atoms with Crippen LogP contribution in [0.5, 0.6) is 0 Å². The molecule has 0 saturated heterocycles. The third-order valence-electron chi connectivity index (χ3n) is 8.68. The van der Waals surface area contributed by atoms with Crippen molar-refractivity contribution in [3.05, 3.63) is 13.8 Å². The van der Waals surface area contributed by atoms with Gasteiger partial charge in [-0.3, -0.25) is 0 Å². The van der Waals surface area contributed by atoms with Gasteiger partial charge in [-0.2, -0.15) is 0 Å². The number of carbonyl (C=O) groups is 2. The van der Waals surface area contributed by atoms with Gasteiger partial charge in [0.25, 0.3) is 0 Å². The number of hydrogen-bond acceptors (Lipinski definition) is 2. The Hall–Kier alpha value is -0.261. The summed E-state index contributed by atoms with van der Waals surface area (Å²) in [6, 6.07) is 0. The summed E-state index contributed by atoms with van der Waals surface area (Å²) in [7, 11) is 0. The van der Waals surface area contributed by atoms with Gasteiger partial charge in [-0.15, -0.1) is 0 Å². The predicted molar refractivity (Wildman–Crippen MR) is 217 cm³/mol. The zero-order valence-corrected chi connectivity index (χ0v) is 36.9. The molecular formula is C44H88O4Sn. The van der Waals surface area contributed by atoms with E-state index in [1.54, 1.807) is 0 Å². The van der Waals surface area contributed by atoms with E-state index in [0.717, 1.165) is 38.5 Å². The van der Waals surface area contributed by atoms with E-state index in [1.165, 1.54) is 180 Å². The third kappa shape index (κ3) is 78.2. The van der Waals surface area contributed by atoms with E-state index < -0.39 is 11.9 Å². The first-order chi connectivity index (χ1) is 23.4. The molecule has 49 heavy (non-hydrogen) atoms. The van der Waals surface area contributed by atoms with E-state index in [2.05, 4.69) is 41.5 Å². The van der Waals surface area contributed by atoms with Crippen LogP contribution in [0.1, 0.15) is 259 Å². The van der Waals surface area contributed by atoms with Crippen LogP contribution in [-0.4, -0.2) is 35.8 Å². The molecule has 8 radical (unpaired) electrons. The molecule has 0 aromatic rings. The quantitative estimate of drug-likeness (QED) is 0.0480. The molecule has 0 aliphatic heterocycles. The summed E-state index contributed by atoms with van der Waals surface area (Å²) < 4.78 is 0. The standard InChI is InChI=1S/2C14H27O2.2C8H17.Sn/c2*1-2-3-4-5-6-7-8-9-10-11-12-13-14(15)16;2*1-3-5-7-8-6-4-2;/h2*2-13H2,1H3;2*1,3-8H2,2H3;. The smallest absolute Gasteiger partial charge is 0.247 e. The maximum absolute atomic E-state index is 10.1. The van der Waals surface area contributed by atoms with Gasteiger partial charge in [-0.1, -0.05) is 247 Å². The third-order valence-corrected chi connectivity index (χ3v) is 8.68. The maximum atomic E-state index is 10.1. The second kappa shape index (κ2) is 59.9. The molecule has 0 aromatic carbocycles. The van der Waals surface area contributed by atoms with Crippen LogP contribution in [0.15, 0.2) is 0 Å². The van der Waals surface area contributed by atoms with E-state index in [1.807, 2.05) is 0 Å². The first kappa shape index (κ1) is 58.1. The van der Waals surface area contributed by atoms with Crippen LogP contribution in [0.3, 0.4) is 0 Å².